The van der Waals surface area contributed by atoms with Crippen LogP contribution in [-0.2, 0) is 19.7 Å². The fraction of sp³-hybridized carbons (Fsp3) is 0.263. The normalized spacial score (nSPS) is 17.7. The van der Waals surface area contributed by atoms with Gasteiger partial charge in [-0.3, -0.25) is 4.79 Å². The second-order valence-electron chi connectivity index (χ2n) is 7.09. The highest BCUT2D eigenvalue weighted by molar-refractivity contribution is 7.92. The van der Waals surface area contributed by atoms with Gasteiger partial charge < -0.3 is 25.4 Å². The van der Waals surface area contributed by atoms with Crippen molar-refractivity contribution in [2.75, 3.05) is 52.7 Å². The van der Waals surface area contributed by atoms with Crippen molar-refractivity contribution in [3.05, 3.63) is 42.2 Å². The van der Waals surface area contributed by atoms with E-state index >= 15 is 0 Å². The summed E-state index contributed by atoms with van der Waals surface area (Å²) in [5, 5.41) is 15.1. The lowest BCUT2D eigenvalue weighted by atomic mass is 10.2. The van der Waals surface area contributed by atoms with E-state index in [1.807, 2.05) is 12.1 Å². The predicted octanol–water partition coefficient (Wildman–Crippen LogP) is 1.19. The highest BCUT2D eigenvalue weighted by atomic mass is 32.2. The molecule has 2 aliphatic heterocycles. The van der Waals surface area contributed by atoms with Crippen molar-refractivity contribution in [3.63, 3.8) is 0 Å². The molecule has 170 valence electrons. The van der Waals surface area contributed by atoms with Crippen molar-refractivity contribution < 1.29 is 32.2 Å². The van der Waals surface area contributed by atoms with Crippen LogP contribution in [0.15, 0.2) is 36.4 Å². The molecule has 0 saturated carbocycles. The molecule has 2 saturated heterocycles. The minimum absolute atomic E-state index is 0.109. The molecule has 0 aliphatic carbocycles. The summed E-state index contributed by atoms with van der Waals surface area (Å²) in [5.74, 6) is -2.74. The number of phenolic OH excluding ortho intramolecular Hbond substituents is 1. The van der Waals surface area contributed by atoms with E-state index < -0.39 is 45.9 Å². The molecule has 0 unspecified atom stereocenters. The van der Waals surface area contributed by atoms with E-state index in [4.69, 9.17) is 4.74 Å². The summed E-state index contributed by atoms with van der Waals surface area (Å²) in [7, 11) is -4.30. The molecule has 11 nitrogen and oxygen atoms in total. The zero-order chi connectivity index (χ0) is 22.9. The largest absolute Gasteiger partial charge is 0.506 e. The maximum Gasteiger partial charge on any atom is 0.326 e. The van der Waals surface area contributed by atoms with E-state index in [1.54, 1.807) is 16.9 Å². The van der Waals surface area contributed by atoms with Gasteiger partial charge >= 0.3 is 16.2 Å². The van der Waals surface area contributed by atoms with Gasteiger partial charge in [0.05, 0.1) is 13.2 Å². The lowest BCUT2D eigenvalue weighted by molar-refractivity contribution is -0.117. The molecule has 4 N–H and O–H groups in total. The zero-order valence-electron chi connectivity index (χ0n) is 16.7. The van der Waals surface area contributed by atoms with Gasteiger partial charge in [-0.25, -0.2) is 18.2 Å². The lowest BCUT2D eigenvalue weighted by Crippen LogP contribution is -2.36. The van der Waals surface area contributed by atoms with Crippen molar-refractivity contribution in [3.8, 4) is 5.75 Å². The Morgan fingerprint density at radius 1 is 1.09 bits per heavy atom. The Morgan fingerprint density at radius 3 is 2.34 bits per heavy atom. The summed E-state index contributed by atoms with van der Waals surface area (Å²) >= 11 is 0. The van der Waals surface area contributed by atoms with Crippen LogP contribution in [0, 0.1) is 5.82 Å². The molecule has 2 heterocycles. The molecule has 2 fully saturated rings. The maximum absolute atomic E-state index is 14.5. The Balaban J connectivity index is 1.43. The van der Waals surface area contributed by atoms with Crippen LogP contribution in [0.4, 0.5) is 31.9 Å². The number of hydrogen-bond acceptors (Lipinski definition) is 7. The van der Waals surface area contributed by atoms with Gasteiger partial charge in [-0.05, 0) is 30.3 Å². The first-order valence-corrected chi connectivity index (χ1v) is 11.0. The minimum atomic E-state index is -4.30. The topological polar surface area (TPSA) is 140 Å². The number of nitrogens with zero attached hydrogens (tertiary/aromatic N) is 2. The van der Waals surface area contributed by atoms with Crippen molar-refractivity contribution in [1.29, 1.82) is 0 Å². The number of rotatable bonds is 4. The summed E-state index contributed by atoms with van der Waals surface area (Å²) < 4.78 is 45.8. The van der Waals surface area contributed by atoms with E-state index in [0.717, 1.165) is 30.9 Å². The van der Waals surface area contributed by atoms with E-state index in [-0.39, 0.29) is 5.69 Å². The van der Waals surface area contributed by atoms with Crippen molar-refractivity contribution in [2.45, 2.75) is 0 Å². The molecule has 0 aromatic heterocycles. The van der Waals surface area contributed by atoms with Gasteiger partial charge in [0.2, 0.25) is 0 Å². The van der Waals surface area contributed by atoms with Crippen LogP contribution in [0.1, 0.15) is 0 Å². The van der Waals surface area contributed by atoms with Crippen molar-refractivity contribution in [2.24, 2.45) is 0 Å². The van der Waals surface area contributed by atoms with Crippen molar-refractivity contribution >= 4 is 44.9 Å². The van der Waals surface area contributed by atoms with Crippen LogP contribution in [-0.4, -0.2) is 58.3 Å². The summed E-state index contributed by atoms with van der Waals surface area (Å²) in [6.45, 7) is 2.20. The number of ether oxygens (including phenoxy) is 1. The first-order chi connectivity index (χ1) is 15.2. The third-order valence-electron chi connectivity index (χ3n) is 4.87. The highest BCUT2D eigenvalue weighted by Gasteiger charge is 2.37. The molecule has 0 spiro atoms. The quantitative estimate of drug-likeness (QED) is 0.532. The third kappa shape index (κ3) is 4.53. The van der Waals surface area contributed by atoms with Gasteiger partial charge in [0.25, 0.3) is 5.91 Å². The first-order valence-electron chi connectivity index (χ1n) is 9.59. The molecule has 2 aromatic rings. The van der Waals surface area contributed by atoms with Crippen LogP contribution in [0.5, 0.6) is 5.75 Å². The highest BCUT2D eigenvalue weighted by Crippen LogP contribution is 2.36. The SMILES string of the molecule is O=C1CN(c2c(O)cc(NC(=O)Nc3ccc(N4CCOCC4)cc3)cc2F)S(=O)(=O)N1. The molecule has 4 rings (SSSR count). The number of aromatic hydroxyl groups is 1. The standard InChI is InChI=1S/C19H20FN5O6S/c20-15-9-13(10-16(26)18(15)25-11-17(27)23-32(25,29)30)22-19(28)21-12-1-3-14(4-2-12)24-5-7-31-8-6-24/h1-4,9-10,26H,5-8,11H2,(H,23,27)(H2,21,22,28). The molecule has 2 aliphatic rings. The number of nitrogens with one attached hydrogen (secondary N) is 3. The molecule has 13 heteroatoms. The van der Waals surface area contributed by atoms with Crippen LogP contribution < -0.4 is 24.6 Å². The van der Waals surface area contributed by atoms with Gasteiger partial charge in [-0.15, -0.1) is 0 Å². The second kappa shape index (κ2) is 8.51. The van der Waals surface area contributed by atoms with Gasteiger partial charge in [0, 0.05) is 36.2 Å². The Hall–Kier alpha value is -3.58. The number of carbonyl (C=O) groups is 2. The van der Waals surface area contributed by atoms with Gasteiger partial charge in [-0.1, -0.05) is 0 Å². The number of benzene rings is 2. The van der Waals surface area contributed by atoms with Crippen molar-refractivity contribution in [1.82, 2.24) is 4.72 Å². The number of urea groups is 1. The van der Waals surface area contributed by atoms with Gasteiger partial charge in [-0.2, -0.15) is 8.42 Å². The number of halogens is 1. The number of morpholine rings is 1. The first kappa shape index (κ1) is 21.6. The van der Waals surface area contributed by atoms with Gasteiger partial charge in [0.15, 0.2) is 5.82 Å². The third-order valence-corrected chi connectivity index (χ3v) is 6.25. The van der Waals surface area contributed by atoms with E-state index in [9.17, 15) is 27.5 Å². The monoisotopic (exact) mass is 465 g/mol. The Morgan fingerprint density at radius 2 is 1.75 bits per heavy atom. The maximum atomic E-state index is 14.5. The Kier molecular flexibility index (Phi) is 5.76. The van der Waals surface area contributed by atoms with Crippen LogP contribution in [0.3, 0.4) is 0 Å². The molecular weight excluding hydrogens is 445 g/mol. The number of anilines is 4. The molecule has 0 radical (unpaired) electrons. The fourth-order valence-corrected chi connectivity index (χ4v) is 4.59. The summed E-state index contributed by atoms with van der Waals surface area (Å²) in [6, 6.07) is 8.27. The minimum Gasteiger partial charge on any atom is -0.506 e. The van der Waals surface area contributed by atoms with E-state index in [0.29, 0.717) is 23.2 Å². The van der Waals surface area contributed by atoms with E-state index in [1.165, 1.54) is 0 Å². The number of amides is 3. The second-order valence-corrected chi connectivity index (χ2v) is 8.68. The number of hydrogen-bond donors (Lipinski definition) is 4. The molecule has 32 heavy (non-hydrogen) atoms. The smallest absolute Gasteiger partial charge is 0.326 e. The Bertz CT molecular complexity index is 1130. The average Bonchev–Trinajstić information content (AvgIpc) is 3.00. The summed E-state index contributed by atoms with van der Waals surface area (Å²) in [4.78, 5) is 25.8. The number of phenols is 1. The van der Waals surface area contributed by atoms with Crippen LogP contribution in [0.25, 0.3) is 0 Å². The lowest BCUT2D eigenvalue weighted by Gasteiger charge is -2.28. The Labute approximate surface area is 182 Å². The predicted molar refractivity (Wildman–Crippen MR) is 115 cm³/mol. The van der Waals surface area contributed by atoms with Gasteiger partial charge in [0.1, 0.15) is 18.0 Å². The molecule has 0 atom stereocenters. The molecular formula is C19H20FN5O6S. The molecule has 2 aromatic carbocycles. The summed E-state index contributed by atoms with van der Waals surface area (Å²) in [6.07, 6.45) is 0. The number of carbonyl (C=O) groups excluding carboxylic acids is 2. The van der Waals surface area contributed by atoms with E-state index in [2.05, 4.69) is 15.5 Å². The van der Waals surface area contributed by atoms with Crippen LogP contribution >= 0.6 is 0 Å². The molecule has 3 amide bonds. The fourth-order valence-electron chi connectivity index (χ4n) is 3.42. The zero-order valence-corrected chi connectivity index (χ0v) is 17.5. The summed E-state index contributed by atoms with van der Waals surface area (Å²) in [5.41, 5.74) is 0.690. The van der Waals surface area contributed by atoms with Crippen LogP contribution in [0.2, 0.25) is 0 Å². The average molecular weight is 465 g/mol. The molecule has 0 bridgehead atoms.